The van der Waals surface area contributed by atoms with Crippen molar-refractivity contribution in [2.24, 2.45) is 0 Å². The van der Waals surface area contributed by atoms with Gasteiger partial charge in [0, 0.05) is 23.3 Å². The molecule has 1 aromatic rings. The van der Waals surface area contributed by atoms with E-state index in [-0.39, 0.29) is 0 Å². The molecule has 0 aromatic carbocycles. The Hall–Kier alpha value is -0.120. The Morgan fingerprint density at radius 3 is 3.07 bits per heavy atom. The molecule has 14 heavy (non-hydrogen) atoms. The van der Waals surface area contributed by atoms with Crippen molar-refractivity contribution in [1.29, 1.82) is 0 Å². The Kier molecular flexibility index (Phi) is 3.42. The van der Waals surface area contributed by atoms with Crippen molar-refractivity contribution in [3.63, 3.8) is 0 Å². The Balaban J connectivity index is 1.82. The summed E-state index contributed by atoms with van der Waals surface area (Å²) >= 11 is 7.87. The number of aryl methyl sites for hydroxylation is 1. The predicted octanol–water partition coefficient (Wildman–Crippen LogP) is 2.70. The van der Waals surface area contributed by atoms with Crippen molar-refractivity contribution in [3.8, 4) is 0 Å². The molecule has 2 rings (SSSR count). The number of rotatable bonds is 3. The van der Waals surface area contributed by atoms with Gasteiger partial charge in [0.25, 0.3) is 0 Å². The fourth-order valence-corrected chi connectivity index (χ4v) is 2.85. The molecule has 0 amide bonds. The lowest BCUT2D eigenvalue weighted by Crippen LogP contribution is -2.32. The SMILES string of the molecule is Cc1nc(CNC2CCCC2Cl)cs1. The van der Waals surface area contributed by atoms with E-state index in [1.54, 1.807) is 11.3 Å². The largest absolute Gasteiger partial charge is 0.307 e. The van der Waals surface area contributed by atoms with Gasteiger partial charge in [0.05, 0.1) is 10.7 Å². The smallest absolute Gasteiger partial charge is 0.0897 e. The van der Waals surface area contributed by atoms with E-state index in [9.17, 15) is 0 Å². The van der Waals surface area contributed by atoms with E-state index in [1.165, 1.54) is 12.8 Å². The van der Waals surface area contributed by atoms with Crippen LogP contribution in [0.4, 0.5) is 0 Å². The van der Waals surface area contributed by atoms with Gasteiger partial charge in [-0.1, -0.05) is 6.42 Å². The third-order valence-electron chi connectivity index (χ3n) is 2.64. The van der Waals surface area contributed by atoms with Crippen LogP contribution in [-0.4, -0.2) is 16.4 Å². The van der Waals surface area contributed by atoms with Gasteiger partial charge in [-0.05, 0) is 19.8 Å². The maximum atomic E-state index is 6.17. The number of thiazole rings is 1. The molecule has 1 aliphatic carbocycles. The lowest BCUT2D eigenvalue weighted by molar-refractivity contribution is 0.524. The molecule has 2 atom stereocenters. The number of aromatic nitrogens is 1. The molecule has 2 unspecified atom stereocenters. The molecule has 0 radical (unpaired) electrons. The standard InChI is InChI=1S/C10H15ClN2S/c1-7-13-8(6-14-7)5-12-10-4-2-3-9(10)11/h6,9-10,12H,2-5H2,1H3. The molecule has 2 nitrogen and oxygen atoms in total. The van der Waals surface area contributed by atoms with Crippen molar-refractivity contribution < 1.29 is 0 Å². The summed E-state index contributed by atoms with van der Waals surface area (Å²) in [6, 6.07) is 0.485. The molecular weight excluding hydrogens is 216 g/mol. The van der Waals surface area contributed by atoms with Crippen LogP contribution in [0.3, 0.4) is 0 Å². The highest BCUT2D eigenvalue weighted by Crippen LogP contribution is 2.24. The first-order chi connectivity index (χ1) is 6.75. The Labute approximate surface area is 93.7 Å². The van der Waals surface area contributed by atoms with Crippen molar-refractivity contribution in [2.45, 2.75) is 44.1 Å². The summed E-state index contributed by atoms with van der Waals surface area (Å²) in [6.45, 7) is 2.90. The predicted molar refractivity (Wildman–Crippen MR) is 61.0 cm³/mol. The average molecular weight is 231 g/mol. The van der Waals surface area contributed by atoms with Crippen LogP contribution in [0.5, 0.6) is 0 Å². The van der Waals surface area contributed by atoms with Gasteiger partial charge in [-0.25, -0.2) is 4.98 Å². The Morgan fingerprint density at radius 2 is 2.50 bits per heavy atom. The van der Waals surface area contributed by atoms with Gasteiger partial charge in [0.1, 0.15) is 0 Å². The molecule has 78 valence electrons. The molecule has 1 saturated carbocycles. The van der Waals surface area contributed by atoms with Crippen LogP contribution in [0.1, 0.15) is 30.0 Å². The second-order valence-electron chi connectivity index (χ2n) is 3.79. The molecule has 1 aromatic heterocycles. The van der Waals surface area contributed by atoms with E-state index >= 15 is 0 Å². The maximum absolute atomic E-state index is 6.17. The zero-order chi connectivity index (χ0) is 9.97. The number of hydrogen-bond donors (Lipinski definition) is 1. The van der Waals surface area contributed by atoms with Crippen molar-refractivity contribution in [3.05, 3.63) is 16.1 Å². The minimum absolute atomic E-state index is 0.315. The number of nitrogens with one attached hydrogen (secondary N) is 1. The molecule has 1 aliphatic rings. The van der Waals surface area contributed by atoms with Crippen LogP contribution in [0.15, 0.2) is 5.38 Å². The van der Waals surface area contributed by atoms with Gasteiger partial charge >= 0.3 is 0 Å². The topological polar surface area (TPSA) is 24.9 Å². The Morgan fingerprint density at radius 1 is 1.64 bits per heavy atom. The van der Waals surface area contributed by atoms with E-state index < -0.39 is 0 Å². The summed E-state index contributed by atoms with van der Waals surface area (Å²) < 4.78 is 0. The summed E-state index contributed by atoms with van der Waals surface area (Å²) in [5, 5.41) is 7.03. The monoisotopic (exact) mass is 230 g/mol. The summed E-state index contributed by atoms with van der Waals surface area (Å²) in [4.78, 5) is 4.41. The normalized spacial score (nSPS) is 27.0. The highest BCUT2D eigenvalue weighted by molar-refractivity contribution is 7.09. The molecule has 1 heterocycles. The minimum atomic E-state index is 0.315. The minimum Gasteiger partial charge on any atom is -0.307 e. The van der Waals surface area contributed by atoms with E-state index in [1.807, 2.05) is 6.92 Å². The maximum Gasteiger partial charge on any atom is 0.0897 e. The van der Waals surface area contributed by atoms with Gasteiger partial charge in [-0.15, -0.1) is 22.9 Å². The van der Waals surface area contributed by atoms with E-state index in [4.69, 9.17) is 11.6 Å². The summed E-state index contributed by atoms with van der Waals surface area (Å²) in [5.74, 6) is 0. The van der Waals surface area contributed by atoms with Gasteiger partial charge in [-0.2, -0.15) is 0 Å². The lowest BCUT2D eigenvalue weighted by Gasteiger charge is -2.14. The van der Waals surface area contributed by atoms with E-state index in [0.717, 1.165) is 23.7 Å². The lowest BCUT2D eigenvalue weighted by atomic mass is 10.2. The molecule has 0 spiro atoms. The van der Waals surface area contributed by atoms with Crippen molar-refractivity contribution in [2.75, 3.05) is 0 Å². The second kappa shape index (κ2) is 4.60. The molecule has 0 bridgehead atoms. The molecule has 0 aliphatic heterocycles. The molecule has 0 saturated heterocycles. The Bertz CT molecular complexity index is 300. The number of hydrogen-bond acceptors (Lipinski definition) is 3. The van der Waals surface area contributed by atoms with Crippen LogP contribution >= 0.6 is 22.9 Å². The quantitative estimate of drug-likeness (QED) is 0.808. The average Bonchev–Trinajstić information content (AvgIpc) is 2.72. The van der Waals surface area contributed by atoms with Crippen molar-refractivity contribution in [1.82, 2.24) is 10.3 Å². The van der Waals surface area contributed by atoms with Crippen LogP contribution in [-0.2, 0) is 6.54 Å². The zero-order valence-corrected chi connectivity index (χ0v) is 9.87. The van der Waals surface area contributed by atoms with E-state index in [2.05, 4.69) is 15.7 Å². The third-order valence-corrected chi connectivity index (χ3v) is 3.99. The molecule has 1 N–H and O–H groups in total. The van der Waals surface area contributed by atoms with Crippen LogP contribution in [0, 0.1) is 6.92 Å². The summed E-state index contributed by atoms with van der Waals surface area (Å²) in [6.07, 6.45) is 3.61. The first-order valence-electron chi connectivity index (χ1n) is 5.04. The summed E-state index contributed by atoms with van der Waals surface area (Å²) in [7, 11) is 0. The van der Waals surface area contributed by atoms with E-state index in [0.29, 0.717) is 11.4 Å². The molecule has 1 fully saturated rings. The van der Waals surface area contributed by atoms with Gasteiger partial charge in [0.15, 0.2) is 0 Å². The highest BCUT2D eigenvalue weighted by Gasteiger charge is 2.24. The first-order valence-corrected chi connectivity index (χ1v) is 6.36. The molecule has 4 heteroatoms. The van der Waals surface area contributed by atoms with Gasteiger partial charge in [0.2, 0.25) is 0 Å². The van der Waals surface area contributed by atoms with Crippen LogP contribution in [0.2, 0.25) is 0 Å². The van der Waals surface area contributed by atoms with Gasteiger partial charge in [-0.3, -0.25) is 0 Å². The highest BCUT2D eigenvalue weighted by atomic mass is 35.5. The summed E-state index contributed by atoms with van der Waals surface area (Å²) in [5.41, 5.74) is 1.14. The zero-order valence-electron chi connectivity index (χ0n) is 8.29. The van der Waals surface area contributed by atoms with Crippen LogP contribution < -0.4 is 5.32 Å². The molecular formula is C10H15ClN2S. The second-order valence-corrected chi connectivity index (χ2v) is 5.41. The number of halogens is 1. The van der Waals surface area contributed by atoms with Gasteiger partial charge < -0.3 is 5.32 Å². The first kappa shape index (κ1) is 10.4. The number of alkyl halides is 1. The number of nitrogens with zero attached hydrogens (tertiary/aromatic N) is 1. The van der Waals surface area contributed by atoms with Crippen molar-refractivity contribution >= 4 is 22.9 Å². The fourth-order valence-electron chi connectivity index (χ4n) is 1.87. The third kappa shape index (κ3) is 2.47. The van der Waals surface area contributed by atoms with Crippen LogP contribution in [0.25, 0.3) is 0 Å². The fraction of sp³-hybridized carbons (Fsp3) is 0.700.